The topological polar surface area (TPSA) is 266 Å². The van der Waals surface area contributed by atoms with Gasteiger partial charge in [-0.3, -0.25) is 43.1 Å². The predicted molar refractivity (Wildman–Crippen MR) is 342 cm³/mol. The third-order valence-corrected chi connectivity index (χ3v) is 15.0. The van der Waals surface area contributed by atoms with Gasteiger partial charge in [0.05, 0.1) is 19.8 Å². The van der Waals surface area contributed by atoms with Crippen LogP contribution < -0.4 is 53.7 Å². The lowest BCUT2D eigenvalue weighted by Crippen LogP contribution is -2.37. The molecule has 0 aliphatic carbocycles. The number of allylic oxidation sites excluding steroid dienone is 2. The zero-order valence-corrected chi connectivity index (χ0v) is 49.1. The zero-order valence-electron chi connectivity index (χ0n) is 49.1. The van der Waals surface area contributed by atoms with E-state index in [1.165, 1.54) is 40.4 Å². The number of amides is 2. The van der Waals surface area contributed by atoms with Crippen molar-refractivity contribution in [3.8, 4) is 56.0 Å². The number of benzene rings is 6. The highest BCUT2D eigenvalue weighted by atomic mass is 19.1. The molecule has 0 bridgehead atoms. The molecule has 0 saturated heterocycles. The maximum absolute atomic E-state index is 15.4. The average Bonchev–Trinajstić information content (AvgIpc) is 1.60. The molecule has 2 aliphatic heterocycles. The van der Waals surface area contributed by atoms with Crippen LogP contribution >= 0.6 is 0 Å². The Morgan fingerprint density at radius 1 is 0.602 bits per heavy atom. The SMILES string of the molecule is C.COc1cc(-c2cccc(-c3cccc(NC(=O)c4c[nH]c(=O)n(C)c4=O)c3C)c2C)cc(F)c1C=O.COc1cc(-c2cccc(-c3cccc(NC(=O)c4c[nH]c(=O)n(C)c4=O)c3C)c2C)cc(F)c1CNCC1=NC=CC1.NCC1=NC=CC1. The van der Waals surface area contributed by atoms with Crippen LogP contribution in [0.1, 0.15) is 79.2 Å². The summed E-state index contributed by atoms with van der Waals surface area (Å²) in [5.41, 5.74) is 15.2. The van der Waals surface area contributed by atoms with E-state index in [1.54, 1.807) is 36.7 Å². The van der Waals surface area contributed by atoms with E-state index in [1.807, 2.05) is 101 Å². The van der Waals surface area contributed by atoms with Crippen LogP contribution in [0.2, 0.25) is 0 Å². The van der Waals surface area contributed by atoms with E-state index in [9.17, 15) is 38.0 Å². The number of methoxy groups -OCH3 is 2. The van der Waals surface area contributed by atoms with Crippen LogP contribution in [-0.4, -0.2) is 75.9 Å². The third kappa shape index (κ3) is 14.2. The summed E-state index contributed by atoms with van der Waals surface area (Å²) in [6, 6.07) is 28.6. The molecule has 7 N–H and O–H groups in total. The highest BCUT2D eigenvalue weighted by Crippen LogP contribution is 2.40. The molecule has 88 heavy (non-hydrogen) atoms. The van der Waals surface area contributed by atoms with E-state index < -0.39 is 40.1 Å². The van der Waals surface area contributed by atoms with Gasteiger partial charge in [-0.15, -0.1) is 0 Å². The summed E-state index contributed by atoms with van der Waals surface area (Å²) in [6.45, 7) is 9.05. The first kappa shape index (κ1) is 65.0. The number of nitrogens with two attached hydrogens (primary N) is 1. The van der Waals surface area contributed by atoms with E-state index in [-0.39, 0.29) is 35.7 Å². The van der Waals surface area contributed by atoms with Crippen LogP contribution in [0.15, 0.2) is 163 Å². The number of nitrogens with one attached hydrogen (secondary N) is 5. The van der Waals surface area contributed by atoms with Crippen molar-refractivity contribution < 1.29 is 32.6 Å². The number of anilines is 2. The number of rotatable bonds is 16. The minimum absolute atomic E-state index is 0. The first-order chi connectivity index (χ1) is 41.8. The van der Waals surface area contributed by atoms with E-state index in [0.29, 0.717) is 59.7 Å². The number of halogens is 2. The lowest BCUT2D eigenvalue weighted by atomic mass is 9.90. The summed E-state index contributed by atoms with van der Waals surface area (Å²) < 4.78 is 42.5. The molecule has 454 valence electrons. The summed E-state index contributed by atoms with van der Waals surface area (Å²) in [6.07, 6.45) is 11.9. The van der Waals surface area contributed by atoms with Crippen molar-refractivity contribution in [1.29, 1.82) is 0 Å². The van der Waals surface area contributed by atoms with Crippen molar-refractivity contribution in [2.45, 2.75) is 54.5 Å². The fourth-order valence-electron chi connectivity index (χ4n) is 9.98. The second kappa shape index (κ2) is 29.1. The molecule has 2 aliphatic rings. The molecule has 0 fully saturated rings. The number of carbonyl (C=O) groups is 3. The molecule has 0 spiro atoms. The summed E-state index contributed by atoms with van der Waals surface area (Å²) in [5, 5.41) is 8.80. The van der Waals surface area contributed by atoms with Gasteiger partial charge in [-0.05, 0) is 131 Å². The Balaban J connectivity index is 0.000000225. The standard InChI is InChI=1S/C33H32FN5O4.C28H24FN3O5.C5H8N2.CH4/c1-19-23(21-14-28(34)26(30(15-21)43-4)17-35-16-22-8-7-13-36-22)9-5-10-24(19)25-11-6-12-29(20(25)2)38-31(40)27-18-37-33(42)39(3)32(27)41;1-15-18(17-11-23(29)22(14-33)25(12-17)37-4)7-5-8-19(15)20-9-6-10-24(16(20)2)31-26(34)21-13-30-28(36)32(3)27(21)35;6-4-5-2-1-3-7-5;/h5-7,9-15,18,35H,8,16-17H2,1-4H3,(H,37,42)(H,38,40);5-14H,1-4H3,(H,30,36)(H,31,34);1,3H,2,4,6H2;1H4. The van der Waals surface area contributed by atoms with Gasteiger partial charge in [0, 0.05) is 99.7 Å². The number of aromatic nitrogens is 4. The number of aldehydes is 1. The smallest absolute Gasteiger partial charge is 0.328 e. The average molecular weight is 1200 g/mol. The molecule has 10 rings (SSSR count). The minimum atomic E-state index is -0.707. The third-order valence-electron chi connectivity index (χ3n) is 15.0. The summed E-state index contributed by atoms with van der Waals surface area (Å²) in [5.74, 6) is -1.74. The van der Waals surface area contributed by atoms with E-state index in [0.717, 1.165) is 101 Å². The molecular formula is C67H68F2N10O9. The molecule has 2 aromatic heterocycles. The fraction of sp³-hybridized carbons (Fsp3) is 0.209. The van der Waals surface area contributed by atoms with Gasteiger partial charge in [0.1, 0.15) is 34.3 Å². The number of nitrogens with zero attached hydrogens (tertiary/aromatic N) is 4. The fourth-order valence-corrected chi connectivity index (χ4v) is 9.98. The predicted octanol–water partition coefficient (Wildman–Crippen LogP) is 10.0. The van der Waals surface area contributed by atoms with Crippen LogP contribution in [0, 0.1) is 39.3 Å². The second-order valence-corrected chi connectivity index (χ2v) is 20.3. The van der Waals surface area contributed by atoms with Gasteiger partial charge >= 0.3 is 11.4 Å². The Hall–Kier alpha value is -10.5. The second-order valence-electron chi connectivity index (χ2n) is 20.3. The summed E-state index contributed by atoms with van der Waals surface area (Å²) in [7, 11) is 5.49. The van der Waals surface area contributed by atoms with Gasteiger partial charge in [0.25, 0.3) is 22.9 Å². The summed E-state index contributed by atoms with van der Waals surface area (Å²) >= 11 is 0. The van der Waals surface area contributed by atoms with Crippen LogP contribution in [0.4, 0.5) is 20.2 Å². The van der Waals surface area contributed by atoms with Gasteiger partial charge in [0.15, 0.2) is 6.29 Å². The molecular weight excluding hydrogens is 1130 g/mol. The van der Waals surface area contributed by atoms with Crippen molar-refractivity contribution in [2.24, 2.45) is 29.8 Å². The monoisotopic (exact) mass is 1190 g/mol. The quantitative estimate of drug-likeness (QED) is 0.0496. The molecule has 19 nitrogen and oxygen atoms in total. The van der Waals surface area contributed by atoms with E-state index >= 15 is 4.39 Å². The number of aliphatic imine (C=N–C) groups is 2. The van der Waals surface area contributed by atoms with Crippen LogP contribution in [0.3, 0.4) is 0 Å². The highest BCUT2D eigenvalue weighted by Gasteiger charge is 2.22. The number of aromatic amines is 2. The van der Waals surface area contributed by atoms with Crippen molar-refractivity contribution in [3.05, 3.63) is 232 Å². The Morgan fingerprint density at radius 2 is 1.02 bits per heavy atom. The van der Waals surface area contributed by atoms with Crippen LogP contribution in [0.25, 0.3) is 44.5 Å². The molecule has 0 radical (unpaired) electrons. The number of carbonyl (C=O) groups excluding carboxylic acids is 3. The molecule has 0 saturated carbocycles. The van der Waals surface area contributed by atoms with E-state index in [4.69, 9.17) is 15.2 Å². The number of hydrogen-bond donors (Lipinski definition) is 6. The first-order valence-electron chi connectivity index (χ1n) is 27.4. The number of hydrogen-bond acceptors (Lipinski definition) is 13. The molecule has 6 aromatic carbocycles. The van der Waals surface area contributed by atoms with E-state index in [2.05, 4.69) is 35.9 Å². The minimum Gasteiger partial charge on any atom is -0.496 e. The Morgan fingerprint density at radius 3 is 1.44 bits per heavy atom. The Kier molecular flexibility index (Phi) is 21.5. The molecule has 0 atom stereocenters. The lowest BCUT2D eigenvalue weighted by Gasteiger charge is -2.18. The molecule has 4 heterocycles. The molecule has 21 heteroatoms. The number of ether oxygens (including phenoxy) is 2. The maximum Gasteiger partial charge on any atom is 0.328 e. The van der Waals surface area contributed by atoms with Crippen molar-refractivity contribution in [1.82, 2.24) is 24.4 Å². The van der Waals surface area contributed by atoms with Crippen molar-refractivity contribution >= 4 is 40.9 Å². The maximum atomic E-state index is 15.4. The van der Waals surface area contributed by atoms with Crippen molar-refractivity contribution in [3.63, 3.8) is 0 Å². The lowest BCUT2D eigenvalue weighted by molar-refractivity contribution is 0.101. The van der Waals surface area contributed by atoms with Crippen LogP contribution in [-0.2, 0) is 20.6 Å². The Labute approximate surface area is 506 Å². The first-order valence-corrected chi connectivity index (χ1v) is 27.4. The zero-order chi connectivity index (χ0) is 62.6. The van der Waals surface area contributed by atoms with Gasteiger partial charge in [0.2, 0.25) is 0 Å². The van der Waals surface area contributed by atoms with Gasteiger partial charge in [-0.1, -0.05) is 80.2 Å². The van der Waals surface area contributed by atoms with Gasteiger partial charge in [-0.25, -0.2) is 18.4 Å². The molecule has 0 unspecified atom stereocenters. The van der Waals surface area contributed by atoms with Crippen molar-refractivity contribution in [2.75, 3.05) is 37.9 Å². The van der Waals surface area contributed by atoms with Gasteiger partial charge < -0.3 is 41.1 Å². The summed E-state index contributed by atoms with van der Waals surface area (Å²) in [4.78, 5) is 98.1. The largest absolute Gasteiger partial charge is 0.496 e. The highest BCUT2D eigenvalue weighted by molar-refractivity contribution is 6.05. The van der Waals surface area contributed by atoms with Crippen LogP contribution in [0.5, 0.6) is 11.5 Å². The molecule has 2 amide bonds. The number of H-pyrrole nitrogens is 2. The normalized spacial score (nSPS) is 11.9. The van der Waals surface area contributed by atoms with Gasteiger partial charge in [-0.2, -0.15) is 0 Å². The molecule has 8 aromatic rings. The Bertz CT molecular complexity index is 4380.